The first kappa shape index (κ1) is 31.5. The summed E-state index contributed by atoms with van der Waals surface area (Å²) in [7, 11) is -5.41. The van der Waals surface area contributed by atoms with Gasteiger partial charge in [-0.05, 0) is 37.2 Å². The van der Waals surface area contributed by atoms with Crippen LogP contribution in [0.4, 0.5) is 0 Å². The predicted molar refractivity (Wildman–Crippen MR) is 194 cm³/mol. The summed E-state index contributed by atoms with van der Waals surface area (Å²) in [6.07, 6.45) is 5.76. The summed E-state index contributed by atoms with van der Waals surface area (Å²) in [5.74, 6) is 0. The molecule has 1 aliphatic carbocycles. The first-order valence-corrected chi connectivity index (χ1v) is 20.7. The van der Waals surface area contributed by atoms with Crippen molar-refractivity contribution < 1.29 is 13.6 Å². The molecule has 238 valence electrons. The molecule has 0 amide bonds. The van der Waals surface area contributed by atoms with Crippen molar-refractivity contribution in [3.63, 3.8) is 0 Å². The predicted octanol–water partition coefficient (Wildman–Crippen LogP) is 6.85. The van der Waals surface area contributed by atoms with Gasteiger partial charge in [-0.25, -0.2) is 0 Å². The number of benzene rings is 4. The highest BCUT2D eigenvalue weighted by Crippen LogP contribution is 2.76. The van der Waals surface area contributed by atoms with Crippen molar-refractivity contribution in [3.05, 3.63) is 133 Å². The Morgan fingerprint density at radius 1 is 0.522 bits per heavy atom. The van der Waals surface area contributed by atoms with Crippen molar-refractivity contribution in [1.29, 1.82) is 0 Å². The van der Waals surface area contributed by atoms with E-state index < -0.39 is 16.6 Å². The highest BCUT2D eigenvalue weighted by atomic mass is 28.4. The van der Waals surface area contributed by atoms with E-state index in [2.05, 4.69) is 175 Å². The lowest BCUT2D eigenvalue weighted by Gasteiger charge is -2.45. The molecule has 4 aromatic rings. The Bertz CT molecular complexity index is 1470. The molecule has 0 aromatic heterocycles. The largest absolute Gasteiger partial charge is 0.407 e. The standard InChI is InChI=1S/C41H48O3Si2/c1-38(2,3)45(32-19-11-7-12-20-32,33-21-13-8-14-22-33)42-30-40-29-41(40,37-28-27-36(40)44-37)31-43-46(39(4,5)6,34-23-15-9-16-24-34)35-25-17-10-18-26-35/h7-28,36-37H,29-31H2,1-6H3/t36-,37+,40+,41-. The minimum Gasteiger partial charge on any atom is -0.407 e. The van der Waals surface area contributed by atoms with Crippen LogP contribution in [0.15, 0.2) is 133 Å². The summed E-state index contributed by atoms with van der Waals surface area (Å²) in [6, 6.07) is 44.0. The third-order valence-electron chi connectivity index (χ3n) is 11.3. The first-order valence-electron chi connectivity index (χ1n) is 16.8. The van der Waals surface area contributed by atoms with Crippen LogP contribution in [0.3, 0.4) is 0 Å². The van der Waals surface area contributed by atoms with Gasteiger partial charge in [-0.15, -0.1) is 0 Å². The number of rotatable bonds is 10. The summed E-state index contributed by atoms with van der Waals surface area (Å²) in [4.78, 5) is 0. The fraction of sp³-hybridized carbons (Fsp3) is 0.366. The van der Waals surface area contributed by atoms with Gasteiger partial charge in [-0.2, -0.15) is 0 Å². The smallest absolute Gasteiger partial charge is 0.261 e. The Morgan fingerprint density at radius 3 is 1.07 bits per heavy atom. The van der Waals surface area contributed by atoms with Crippen molar-refractivity contribution in [2.75, 3.05) is 13.2 Å². The molecule has 0 unspecified atom stereocenters. The third-order valence-corrected chi connectivity index (χ3v) is 21.2. The molecule has 1 saturated carbocycles. The summed E-state index contributed by atoms with van der Waals surface area (Å²) < 4.78 is 22.0. The average Bonchev–Trinajstić information content (AvgIpc) is 3.36. The summed E-state index contributed by atoms with van der Waals surface area (Å²) >= 11 is 0. The number of fused-ring (bicyclic) bond motifs is 5. The lowest BCUT2D eigenvalue weighted by molar-refractivity contribution is 0.0450. The SMILES string of the molecule is CC(C)(C)[Si](OC[C@@]12C[C@]1(CO[Si](c1ccccc1)(c1ccccc1)C(C)(C)C)[C@H]1C=C[C@@H]2O1)(c1ccccc1)c1ccccc1. The van der Waals surface area contributed by atoms with Crippen LogP contribution in [0.5, 0.6) is 0 Å². The molecular weight excluding hydrogens is 597 g/mol. The number of hydrogen-bond donors (Lipinski definition) is 0. The highest BCUT2D eigenvalue weighted by Gasteiger charge is 2.81. The minimum atomic E-state index is -2.70. The van der Waals surface area contributed by atoms with Gasteiger partial charge in [0.1, 0.15) is 0 Å². The zero-order valence-corrected chi connectivity index (χ0v) is 30.2. The van der Waals surface area contributed by atoms with Crippen LogP contribution in [-0.2, 0) is 13.6 Å². The molecule has 2 bridgehead atoms. The van der Waals surface area contributed by atoms with Gasteiger partial charge in [-0.3, -0.25) is 0 Å². The lowest BCUT2D eigenvalue weighted by Crippen LogP contribution is -2.67. The topological polar surface area (TPSA) is 27.7 Å². The van der Waals surface area contributed by atoms with E-state index in [1.165, 1.54) is 20.7 Å². The van der Waals surface area contributed by atoms with E-state index in [9.17, 15) is 0 Å². The zero-order chi connectivity index (χ0) is 32.3. The van der Waals surface area contributed by atoms with E-state index in [0.717, 1.165) is 6.42 Å². The van der Waals surface area contributed by atoms with E-state index in [1.54, 1.807) is 0 Å². The van der Waals surface area contributed by atoms with E-state index in [4.69, 9.17) is 13.6 Å². The molecule has 4 aromatic carbocycles. The number of hydrogen-bond acceptors (Lipinski definition) is 3. The molecule has 0 N–H and O–H groups in total. The molecule has 5 heteroatoms. The monoisotopic (exact) mass is 644 g/mol. The van der Waals surface area contributed by atoms with Crippen molar-refractivity contribution in [3.8, 4) is 0 Å². The van der Waals surface area contributed by atoms with Crippen LogP contribution in [0.1, 0.15) is 48.0 Å². The molecule has 7 rings (SSSR count). The lowest BCUT2D eigenvalue weighted by atomic mass is 9.84. The summed E-state index contributed by atoms with van der Waals surface area (Å²) in [5.41, 5.74) is -0.213. The molecule has 3 aliphatic rings. The summed E-state index contributed by atoms with van der Waals surface area (Å²) in [6.45, 7) is 15.5. The van der Waals surface area contributed by atoms with Crippen LogP contribution in [-0.4, -0.2) is 42.1 Å². The van der Waals surface area contributed by atoms with Crippen LogP contribution in [0.25, 0.3) is 0 Å². The first-order chi connectivity index (χ1) is 22.0. The van der Waals surface area contributed by atoms with Crippen LogP contribution in [0.2, 0.25) is 10.1 Å². The zero-order valence-electron chi connectivity index (χ0n) is 28.2. The molecule has 1 saturated heterocycles. The Labute approximate surface area is 277 Å². The van der Waals surface area contributed by atoms with E-state index in [1.807, 2.05) is 0 Å². The molecular formula is C41H48O3Si2. The number of ether oxygens (including phenoxy) is 1. The van der Waals surface area contributed by atoms with E-state index in [-0.39, 0.29) is 33.1 Å². The van der Waals surface area contributed by atoms with Crippen molar-refractivity contribution in [2.45, 2.75) is 70.2 Å². The van der Waals surface area contributed by atoms with Crippen LogP contribution < -0.4 is 20.7 Å². The molecule has 46 heavy (non-hydrogen) atoms. The second-order valence-corrected chi connectivity index (χ2v) is 24.4. The molecule has 0 spiro atoms. The van der Waals surface area contributed by atoms with Gasteiger partial charge in [0.15, 0.2) is 0 Å². The Morgan fingerprint density at radius 2 is 0.804 bits per heavy atom. The van der Waals surface area contributed by atoms with Gasteiger partial charge in [0, 0.05) is 24.0 Å². The van der Waals surface area contributed by atoms with Gasteiger partial charge < -0.3 is 13.6 Å². The van der Waals surface area contributed by atoms with Crippen molar-refractivity contribution in [1.82, 2.24) is 0 Å². The fourth-order valence-corrected chi connectivity index (χ4v) is 18.2. The molecule has 3 nitrogen and oxygen atoms in total. The fourth-order valence-electron chi connectivity index (χ4n) is 8.92. The minimum absolute atomic E-state index is 0.0541. The van der Waals surface area contributed by atoms with Crippen molar-refractivity contribution >= 4 is 37.4 Å². The highest BCUT2D eigenvalue weighted by molar-refractivity contribution is 7.00. The van der Waals surface area contributed by atoms with Gasteiger partial charge >= 0.3 is 0 Å². The van der Waals surface area contributed by atoms with E-state index >= 15 is 0 Å². The quantitative estimate of drug-likeness (QED) is 0.140. The third kappa shape index (κ3) is 4.61. The van der Waals surface area contributed by atoms with Gasteiger partial charge in [0.05, 0.1) is 12.2 Å². The van der Waals surface area contributed by atoms with Gasteiger partial charge in [-0.1, -0.05) is 175 Å². The van der Waals surface area contributed by atoms with Gasteiger partial charge in [0.25, 0.3) is 16.6 Å². The molecule has 2 heterocycles. The van der Waals surface area contributed by atoms with Crippen LogP contribution >= 0.6 is 0 Å². The summed E-state index contributed by atoms with van der Waals surface area (Å²) in [5, 5.41) is 5.12. The second-order valence-electron chi connectivity index (χ2n) is 15.8. The normalized spacial score (nSPS) is 25.4. The Hall–Kier alpha value is -3.07. The van der Waals surface area contributed by atoms with Gasteiger partial charge in [0.2, 0.25) is 0 Å². The molecule has 2 fully saturated rings. The van der Waals surface area contributed by atoms with E-state index in [0.29, 0.717) is 13.2 Å². The molecule has 0 radical (unpaired) electrons. The Kier molecular flexibility index (Phi) is 7.73. The van der Waals surface area contributed by atoms with Crippen molar-refractivity contribution in [2.24, 2.45) is 10.8 Å². The maximum Gasteiger partial charge on any atom is 0.261 e. The average molecular weight is 645 g/mol. The maximum atomic E-state index is 7.62. The van der Waals surface area contributed by atoms with Crippen LogP contribution in [0, 0.1) is 10.8 Å². The molecule has 2 aliphatic heterocycles. The second kappa shape index (κ2) is 11.3. The molecule has 4 atom stereocenters. The maximum absolute atomic E-state index is 7.62. The Balaban J connectivity index is 1.27.